The summed E-state index contributed by atoms with van der Waals surface area (Å²) in [7, 11) is -1.87. The predicted molar refractivity (Wildman–Crippen MR) is 114 cm³/mol. The molecule has 1 aromatic carbocycles. The van der Waals surface area contributed by atoms with Crippen molar-refractivity contribution in [3.05, 3.63) is 47.7 Å². The van der Waals surface area contributed by atoms with Gasteiger partial charge in [-0.15, -0.1) is 11.3 Å². The lowest BCUT2D eigenvalue weighted by Crippen LogP contribution is -2.34. The van der Waals surface area contributed by atoms with Gasteiger partial charge in [0.2, 0.25) is 21.7 Å². The smallest absolute Gasteiger partial charge is 0.260 e. The number of aromatic nitrogens is 2. The van der Waals surface area contributed by atoms with E-state index in [9.17, 15) is 13.2 Å². The molecule has 2 aromatic heterocycles. The van der Waals surface area contributed by atoms with Crippen LogP contribution >= 0.6 is 11.3 Å². The first-order valence-corrected chi connectivity index (χ1v) is 11.8. The van der Waals surface area contributed by atoms with Gasteiger partial charge in [-0.3, -0.25) is 9.10 Å². The maximum atomic E-state index is 12.5. The van der Waals surface area contributed by atoms with Crippen LogP contribution in [0.2, 0.25) is 0 Å². The van der Waals surface area contributed by atoms with Crippen LogP contribution in [0.25, 0.3) is 10.7 Å². The van der Waals surface area contributed by atoms with Gasteiger partial charge in [-0.1, -0.05) is 11.2 Å². The molecule has 2 heterocycles. The fourth-order valence-corrected chi connectivity index (χ4v) is 3.70. The molecule has 30 heavy (non-hydrogen) atoms. The fraction of sp³-hybridized carbons (Fsp3) is 0.316. The maximum absolute atomic E-state index is 12.5. The third-order valence-corrected chi connectivity index (χ3v) is 6.40. The predicted octanol–water partition coefficient (Wildman–Crippen LogP) is 2.62. The van der Waals surface area contributed by atoms with Crippen molar-refractivity contribution in [3.8, 4) is 16.5 Å². The van der Waals surface area contributed by atoms with Gasteiger partial charge in [0.25, 0.3) is 5.91 Å². The molecule has 0 aliphatic heterocycles. The molecule has 0 atom stereocenters. The Labute approximate surface area is 178 Å². The molecule has 0 radical (unpaired) electrons. The van der Waals surface area contributed by atoms with Crippen molar-refractivity contribution in [1.82, 2.24) is 15.0 Å². The fourth-order valence-electron chi connectivity index (χ4n) is 2.54. The minimum Gasteiger partial charge on any atom is -0.484 e. The molecule has 0 aliphatic rings. The molecule has 1 amide bonds. The van der Waals surface area contributed by atoms with E-state index in [-0.39, 0.29) is 19.1 Å². The van der Waals surface area contributed by atoms with E-state index in [1.54, 1.807) is 29.2 Å². The van der Waals surface area contributed by atoms with Crippen LogP contribution in [0.1, 0.15) is 12.8 Å². The summed E-state index contributed by atoms with van der Waals surface area (Å²) in [4.78, 5) is 19.3. The van der Waals surface area contributed by atoms with Gasteiger partial charge in [0.15, 0.2) is 6.61 Å². The minimum absolute atomic E-state index is 0.166. The number of rotatable bonds is 9. The lowest BCUT2D eigenvalue weighted by molar-refractivity contribution is -0.134. The summed E-state index contributed by atoms with van der Waals surface area (Å²) in [6.07, 6.45) is 1.13. The molecule has 0 aliphatic carbocycles. The number of carbonyl (C=O) groups excluding carboxylic acids is 1. The molecule has 3 rings (SSSR count). The zero-order valence-electron chi connectivity index (χ0n) is 16.8. The van der Waals surface area contributed by atoms with E-state index in [1.165, 1.54) is 18.4 Å². The largest absolute Gasteiger partial charge is 0.484 e. The molecule has 9 nitrogen and oxygen atoms in total. The second-order valence-corrected chi connectivity index (χ2v) is 9.37. The Morgan fingerprint density at radius 1 is 1.23 bits per heavy atom. The Bertz CT molecular complexity index is 1080. The topological polar surface area (TPSA) is 106 Å². The van der Waals surface area contributed by atoms with Gasteiger partial charge in [0, 0.05) is 13.6 Å². The van der Waals surface area contributed by atoms with Crippen molar-refractivity contribution in [2.45, 2.75) is 13.5 Å². The highest BCUT2D eigenvalue weighted by molar-refractivity contribution is 7.92. The van der Waals surface area contributed by atoms with Crippen molar-refractivity contribution in [2.24, 2.45) is 0 Å². The zero-order valence-corrected chi connectivity index (χ0v) is 18.4. The highest BCUT2D eigenvalue weighted by atomic mass is 32.2. The second kappa shape index (κ2) is 9.26. The Morgan fingerprint density at radius 2 is 1.97 bits per heavy atom. The summed E-state index contributed by atoms with van der Waals surface area (Å²) in [6, 6.07) is 10.3. The molecule has 0 spiro atoms. The monoisotopic (exact) mass is 450 g/mol. The lowest BCUT2D eigenvalue weighted by atomic mass is 10.3. The van der Waals surface area contributed by atoms with Crippen LogP contribution in [0.4, 0.5) is 5.69 Å². The third kappa shape index (κ3) is 5.36. The van der Waals surface area contributed by atoms with Crippen LogP contribution < -0.4 is 9.04 Å². The molecular formula is C19H22N4O5S2. The third-order valence-electron chi connectivity index (χ3n) is 4.33. The average molecular weight is 451 g/mol. The number of thiophene rings is 1. The number of ether oxygens (including phenoxy) is 1. The van der Waals surface area contributed by atoms with Crippen LogP contribution in [0, 0.1) is 0 Å². The standard InChI is InChI=1S/C19H22N4O5S2/c1-4-23(12-17-20-19(21-28-17)16-6-5-11-29-16)18(24)13-27-15-9-7-14(8-10-15)22(2)30(3,25)26/h5-11H,4,12-13H2,1-3H3. The molecule has 0 fully saturated rings. The van der Waals surface area contributed by atoms with E-state index in [0.717, 1.165) is 15.4 Å². The molecule has 160 valence electrons. The molecular weight excluding hydrogens is 428 g/mol. The van der Waals surface area contributed by atoms with Gasteiger partial charge >= 0.3 is 0 Å². The molecule has 0 N–H and O–H groups in total. The Hall–Kier alpha value is -2.92. The van der Waals surface area contributed by atoms with Crippen molar-refractivity contribution in [1.29, 1.82) is 0 Å². The van der Waals surface area contributed by atoms with E-state index in [4.69, 9.17) is 9.26 Å². The Kier molecular flexibility index (Phi) is 6.73. The molecule has 0 bridgehead atoms. The molecule has 0 saturated carbocycles. The van der Waals surface area contributed by atoms with Crippen LogP contribution in [-0.2, 0) is 21.4 Å². The van der Waals surface area contributed by atoms with Crippen molar-refractivity contribution in [2.75, 3.05) is 30.8 Å². The first kappa shape index (κ1) is 21.8. The number of benzene rings is 1. The average Bonchev–Trinajstić information content (AvgIpc) is 3.41. The summed E-state index contributed by atoms with van der Waals surface area (Å²) < 4.78 is 35.1. The number of hydrogen-bond acceptors (Lipinski definition) is 8. The normalized spacial score (nSPS) is 11.3. The van der Waals surface area contributed by atoms with E-state index >= 15 is 0 Å². The van der Waals surface area contributed by atoms with E-state index < -0.39 is 10.0 Å². The Morgan fingerprint density at radius 3 is 2.57 bits per heavy atom. The highest BCUT2D eigenvalue weighted by Crippen LogP contribution is 2.22. The van der Waals surface area contributed by atoms with Gasteiger partial charge in [0.1, 0.15) is 12.3 Å². The lowest BCUT2D eigenvalue weighted by Gasteiger charge is -2.19. The van der Waals surface area contributed by atoms with Crippen LogP contribution in [-0.4, -0.2) is 55.8 Å². The highest BCUT2D eigenvalue weighted by Gasteiger charge is 2.18. The summed E-state index contributed by atoms with van der Waals surface area (Å²) >= 11 is 1.51. The van der Waals surface area contributed by atoms with E-state index in [1.807, 2.05) is 24.4 Å². The number of carbonyl (C=O) groups is 1. The van der Waals surface area contributed by atoms with Crippen molar-refractivity contribution >= 4 is 33.0 Å². The van der Waals surface area contributed by atoms with Crippen LogP contribution in [0.15, 0.2) is 46.3 Å². The first-order valence-electron chi connectivity index (χ1n) is 9.09. The summed E-state index contributed by atoms with van der Waals surface area (Å²) in [5, 5.41) is 5.87. The van der Waals surface area contributed by atoms with Gasteiger partial charge in [-0.2, -0.15) is 4.98 Å². The number of anilines is 1. The second-order valence-electron chi connectivity index (χ2n) is 6.41. The minimum atomic E-state index is -3.34. The van der Waals surface area contributed by atoms with Gasteiger partial charge in [0.05, 0.1) is 16.8 Å². The summed E-state index contributed by atoms with van der Waals surface area (Å²) in [5.74, 6) is 1.08. The summed E-state index contributed by atoms with van der Waals surface area (Å²) in [5.41, 5.74) is 0.504. The molecule has 0 unspecified atom stereocenters. The van der Waals surface area contributed by atoms with E-state index in [2.05, 4.69) is 10.1 Å². The van der Waals surface area contributed by atoms with E-state index in [0.29, 0.717) is 29.7 Å². The molecule has 11 heteroatoms. The van der Waals surface area contributed by atoms with Crippen LogP contribution in [0.3, 0.4) is 0 Å². The number of hydrogen-bond donors (Lipinski definition) is 0. The van der Waals surface area contributed by atoms with Gasteiger partial charge in [-0.25, -0.2) is 8.42 Å². The molecule has 3 aromatic rings. The quantitative estimate of drug-likeness (QED) is 0.493. The Balaban J connectivity index is 1.56. The van der Waals surface area contributed by atoms with Gasteiger partial charge in [-0.05, 0) is 42.6 Å². The van der Waals surface area contributed by atoms with Crippen molar-refractivity contribution < 1.29 is 22.5 Å². The first-order chi connectivity index (χ1) is 14.3. The number of likely N-dealkylation sites (N-methyl/N-ethyl adjacent to an activating group) is 1. The number of amides is 1. The number of nitrogens with zero attached hydrogens (tertiary/aromatic N) is 4. The number of sulfonamides is 1. The molecule has 0 saturated heterocycles. The summed E-state index contributed by atoms with van der Waals surface area (Å²) in [6.45, 7) is 2.33. The SMILES string of the molecule is CCN(Cc1nc(-c2cccs2)no1)C(=O)COc1ccc(N(C)S(C)(=O)=O)cc1. The van der Waals surface area contributed by atoms with Crippen LogP contribution in [0.5, 0.6) is 5.75 Å². The van der Waals surface area contributed by atoms with Crippen molar-refractivity contribution in [3.63, 3.8) is 0 Å². The zero-order chi connectivity index (χ0) is 21.7. The maximum Gasteiger partial charge on any atom is 0.260 e. The van der Waals surface area contributed by atoms with Gasteiger partial charge < -0.3 is 14.2 Å².